The van der Waals surface area contributed by atoms with Crippen LogP contribution in [0.1, 0.15) is 38.2 Å². The van der Waals surface area contributed by atoms with E-state index < -0.39 is 66.4 Å². The molecule has 1 heterocycles. The van der Waals surface area contributed by atoms with Crippen molar-refractivity contribution in [1.82, 2.24) is 20.9 Å². The summed E-state index contributed by atoms with van der Waals surface area (Å²) in [6, 6.07) is 1.69. The fourth-order valence-corrected chi connectivity index (χ4v) is 4.11. The number of nitrogens with one attached hydrogen (secondary N) is 4. The summed E-state index contributed by atoms with van der Waals surface area (Å²) in [4.78, 5) is 69.0. The summed E-state index contributed by atoms with van der Waals surface area (Å²) in [5.74, 6) is -5.37. The van der Waals surface area contributed by atoms with E-state index >= 15 is 0 Å². The van der Waals surface area contributed by atoms with Gasteiger partial charge in [-0.3, -0.25) is 24.2 Å². The molecule has 3 amide bonds. The van der Waals surface area contributed by atoms with Crippen LogP contribution in [0, 0.1) is 0 Å². The summed E-state index contributed by atoms with van der Waals surface area (Å²) in [5.41, 5.74) is 17.8. The maximum Gasteiger partial charge on any atom is 0.328 e. The molecule has 1 aromatic heterocycles. The second kappa shape index (κ2) is 15.9. The Kier molecular flexibility index (Phi) is 12.7. The van der Waals surface area contributed by atoms with Crippen LogP contribution in [0.4, 0.5) is 0 Å². The van der Waals surface area contributed by atoms with Crippen LogP contribution in [0.15, 0.2) is 35.5 Å². The van der Waals surface area contributed by atoms with E-state index in [0.29, 0.717) is 12.0 Å². The molecule has 5 unspecified atom stereocenters. The highest BCUT2D eigenvalue weighted by molar-refractivity contribution is 5.95. The van der Waals surface area contributed by atoms with Gasteiger partial charge in [-0.25, -0.2) is 4.79 Å². The molecule has 16 nitrogen and oxygen atoms in total. The highest BCUT2D eigenvalue weighted by Crippen LogP contribution is 2.19. The van der Waals surface area contributed by atoms with Crippen molar-refractivity contribution >= 4 is 46.5 Å². The Hall–Kier alpha value is -4.70. The number of aliphatic carboxylic acids is 2. The second-order valence-electron chi connectivity index (χ2n) is 9.74. The third-order valence-electron chi connectivity index (χ3n) is 6.36. The Labute approximate surface area is 241 Å². The number of carbonyl (C=O) groups is 5. The predicted octanol–water partition coefficient (Wildman–Crippen LogP) is -2.12. The van der Waals surface area contributed by atoms with Gasteiger partial charge < -0.3 is 53.5 Å². The van der Waals surface area contributed by atoms with Gasteiger partial charge in [-0.05, 0) is 37.8 Å². The predicted molar refractivity (Wildman–Crippen MR) is 152 cm³/mol. The smallest absolute Gasteiger partial charge is 0.328 e. The number of aliphatic hydroxyl groups excluding tert-OH is 1. The van der Waals surface area contributed by atoms with Gasteiger partial charge in [0.25, 0.3) is 0 Å². The second-order valence-corrected chi connectivity index (χ2v) is 9.74. The molecule has 0 saturated carbocycles. The van der Waals surface area contributed by atoms with E-state index in [1.807, 2.05) is 0 Å². The van der Waals surface area contributed by atoms with Crippen LogP contribution in [0.3, 0.4) is 0 Å². The number of nitrogens with zero attached hydrogens (tertiary/aromatic N) is 1. The van der Waals surface area contributed by atoms with Crippen LogP contribution >= 0.6 is 0 Å². The van der Waals surface area contributed by atoms with E-state index in [2.05, 4.69) is 25.9 Å². The zero-order valence-electron chi connectivity index (χ0n) is 23.1. The number of fused-ring (bicyclic) bond motifs is 1. The number of amides is 3. The highest BCUT2D eigenvalue weighted by Gasteiger charge is 2.32. The molecule has 0 saturated heterocycles. The topological polar surface area (TPSA) is 288 Å². The minimum Gasteiger partial charge on any atom is -0.481 e. The SMILES string of the molecule is CC(O)C(NC(=O)C(Cc1c[nH]c2ccccc12)NC(=O)C(CCC(=O)O)NC(=O)C(N)CCCN=C(N)N)C(=O)O. The number of para-hydroxylation sites is 1. The van der Waals surface area contributed by atoms with Crippen molar-refractivity contribution in [3.63, 3.8) is 0 Å². The molecular weight excluding hydrogens is 552 g/mol. The third-order valence-corrected chi connectivity index (χ3v) is 6.36. The standard InChI is InChI=1S/C26H38N8O8/c1-13(35)21(25(41)42)34-24(40)19(11-14-12-31-17-7-3-2-5-15(14)17)33-23(39)18(8-9-20(36)37)32-22(38)16(27)6-4-10-30-26(28)29/h2-3,5,7,12-13,16,18-19,21,31,35H,4,6,8-11,27H2,1H3,(H,32,38)(H,33,39)(H,34,40)(H,36,37)(H,41,42)(H4,28,29,30). The van der Waals surface area contributed by atoms with Crippen LogP contribution in [0.5, 0.6) is 0 Å². The first-order chi connectivity index (χ1) is 19.8. The van der Waals surface area contributed by atoms with Crippen LogP contribution < -0.4 is 33.2 Å². The number of aliphatic imine (C=N–C) groups is 1. The monoisotopic (exact) mass is 590 g/mol. The quantitative estimate of drug-likeness (QED) is 0.0539. The molecule has 0 aliphatic rings. The number of H-pyrrole nitrogens is 1. The Balaban J connectivity index is 2.27. The zero-order chi connectivity index (χ0) is 31.4. The molecule has 0 fully saturated rings. The molecule has 13 N–H and O–H groups in total. The first-order valence-corrected chi connectivity index (χ1v) is 13.2. The summed E-state index contributed by atoms with van der Waals surface area (Å²) in [5, 5.41) is 36.3. The van der Waals surface area contributed by atoms with Crippen LogP contribution in [0.25, 0.3) is 10.9 Å². The third kappa shape index (κ3) is 10.4. The van der Waals surface area contributed by atoms with Gasteiger partial charge in [0.2, 0.25) is 17.7 Å². The maximum atomic E-state index is 13.4. The molecule has 0 radical (unpaired) electrons. The van der Waals surface area contributed by atoms with E-state index in [9.17, 15) is 39.3 Å². The van der Waals surface area contributed by atoms with E-state index in [1.54, 1.807) is 30.5 Å². The number of aromatic nitrogens is 1. The summed E-state index contributed by atoms with van der Waals surface area (Å²) < 4.78 is 0. The summed E-state index contributed by atoms with van der Waals surface area (Å²) >= 11 is 0. The van der Waals surface area contributed by atoms with Crippen molar-refractivity contribution in [3.05, 3.63) is 36.0 Å². The highest BCUT2D eigenvalue weighted by atomic mass is 16.4. The van der Waals surface area contributed by atoms with E-state index in [4.69, 9.17) is 17.2 Å². The van der Waals surface area contributed by atoms with Crippen molar-refractivity contribution in [2.75, 3.05) is 6.54 Å². The number of aromatic amines is 1. The summed E-state index contributed by atoms with van der Waals surface area (Å²) in [6.45, 7) is 1.41. The van der Waals surface area contributed by atoms with Crippen molar-refractivity contribution in [2.45, 2.75) is 69.3 Å². The number of guanidine groups is 1. The Morgan fingerprint density at radius 1 is 0.952 bits per heavy atom. The molecule has 2 rings (SSSR count). The van der Waals surface area contributed by atoms with Crippen LogP contribution in [0.2, 0.25) is 0 Å². The number of hydrogen-bond donors (Lipinski definition) is 10. The van der Waals surface area contributed by atoms with Crippen molar-refractivity contribution < 1.29 is 39.3 Å². The van der Waals surface area contributed by atoms with Gasteiger partial charge in [0, 0.05) is 36.5 Å². The average molecular weight is 591 g/mol. The fraction of sp³-hybridized carbons (Fsp3) is 0.462. The molecule has 42 heavy (non-hydrogen) atoms. The lowest BCUT2D eigenvalue weighted by Crippen LogP contribution is -2.58. The first-order valence-electron chi connectivity index (χ1n) is 13.2. The van der Waals surface area contributed by atoms with Gasteiger partial charge in [0.05, 0.1) is 12.1 Å². The lowest BCUT2D eigenvalue weighted by molar-refractivity contribution is -0.145. The van der Waals surface area contributed by atoms with E-state index in [-0.39, 0.29) is 31.8 Å². The minimum atomic E-state index is -1.67. The molecule has 2 aromatic rings. The lowest BCUT2D eigenvalue weighted by atomic mass is 10.0. The summed E-state index contributed by atoms with van der Waals surface area (Å²) in [6.07, 6.45) is -0.201. The van der Waals surface area contributed by atoms with Crippen LogP contribution in [-0.2, 0) is 30.4 Å². The lowest BCUT2D eigenvalue weighted by Gasteiger charge is -2.25. The van der Waals surface area contributed by atoms with Gasteiger partial charge in [0.1, 0.15) is 12.1 Å². The maximum absolute atomic E-state index is 13.4. The molecule has 16 heteroatoms. The largest absolute Gasteiger partial charge is 0.481 e. The minimum absolute atomic E-state index is 0.0996. The number of carboxylic acids is 2. The van der Waals surface area contributed by atoms with Gasteiger partial charge >= 0.3 is 11.9 Å². The van der Waals surface area contributed by atoms with Crippen molar-refractivity contribution in [3.8, 4) is 0 Å². The Morgan fingerprint density at radius 3 is 2.21 bits per heavy atom. The Morgan fingerprint density at radius 2 is 1.60 bits per heavy atom. The molecule has 0 spiro atoms. The van der Waals surface area contributed by atoms with Gasteiger partial charge in [0.15, 0.2) is 12.0 Å². The van der Waals surface area contributed by atoms with E-state index in [0.717, 1.165) is 10.9 Å². The molecular formula is C26H38N8O8. The fourth-order valence-electron chi connectivity index (χ4n) is 4.11. The molecule has 230 valence electrons. The molecule has 5 atom stereocenters. The zero-order valence-corrected chi connectivity index (χ0v) is 23.1. The number of benzene rings is 1. The normalized spacial score (nSPS) is 14.5. The van der Waals surface area contributed by atoms with Gasteiger partial charge in [-0.2, -0.15) is 0 Å². The molecule has 1 aromatic carbocycles. The molecule has 0 aliphatic heterocycles. The summed E-state index contributed by atoms with van der Waals surface area (Å²) in [7, 11) is 0. The molecule has 0 bridgehead atoms. The number of rotatable bonds is 17. The van der Waals surface area contributed by atoms with E-state index in [1.165, 1.54) is 6.92 Å². The number of carboxylic acid groups (broad SMARTS) is 2. The number of nitrogens with two attached hydrogens (primary N) is 3. The molecule has 0 aliphatic carbocycles. The van der Waals surface area contributed by atoms with Crippen molar-refractivity contribution in [1.29, 1.82) is 0 Å². The van der Waals surface area contributed by atoms with Gasteiger partial charge in [-0.15, -0.1) is 0 Å². The average Bonchev–Trinajstić information content (AvgIpc) is 3.33. The van der Waals surface area contributed by atoms with Gasteiger partial charge in [-0.1, -0.05) is 18.2 Å². The number of hydrogen-bond acceptors (Lipinski definition) is 8. The first kappa shape index (κ1) is 33.5. The Bertz CT molecular complexity index is 1290. The number of carbonyl (C=O) groups excluding carboxylic acids is 3. The van der Waals surface area contributed by atoms with Crippen LogP contribution in [-0.4, -0.2) is 92.7 Å². The van der Waals surface area contributed by atoms with Crippen molar-refractivity contribution in [2.24, 2.45) is 22.2 Å². The number of aliphatic hydroxyl groups is 1.